The van der Waals surface area contributed by atoms with Gasteiger partial charge < -0.3 is 9.84 Å². The third-order valence-electron chi connectivity index (χ3n) is 3.23. The maximum atomic E-state index is 12.3. The van der Waals surface area contributed by atoms with Gasteiger partial charge >= 0.3 is 6.18 Å². The number of aliphatic hydroxyl groups is 1. The number of hydrogen-bond donors (Lipinski definition) is 1. The van der Waals surface area contributed by atoms with Crippen LogP contribution >= 0.6 is 0 Å². The van der Waals surface area contributed by atoms with Crippen molar-refractivity contribution in [3.63, 3.8) is 0 Å². The van der Waals surface area contributed by atoms with Crippen molar-refractivity contribution in [2.45, 2.75) is 57.5 Å². The first kappa shape index (κ1) is 15.7. The molecule has 1 rings (SSSR count). The Bertz CT molecular complexity index is 240. The van der Waals surface area contributed by atoms with E-state index in [0.29, 0.717) is 13.2 Å². The molecule has 1 N–H and O–H groups in total. The summed E-state index contributed by atoms with van der Waals surface area (Å²) in [5.74, 6) is 0. The molecule has 18 heavy (non-hydrogen) atoms. The molecular weight excluding hydrogens is 247 g/mol. The number of halogens is 3. The Morgan fingerprint density at radius 2 is 2.00 bits per heavy atom. The highest BCUT2D eigenvalue weighted by atomic mass is 19.4. The van der Waals surface area contributed by atoms with Crippen LogP contribution < -0.4 is 0 Å². The number of rotatable bonds is 5. The average Bonchev–Trinajstić information content (AvgIpc) is 2.28. The van der Waals surface area contributed by atoms with Crippen molar-refractivity contribution in [1.29, 1.82) is 0 Å². The fraction of sp³-hybridized carbons (Fsp3) is 1.00. The molecule has 1 fully saturated rings. The van der Waals surface area contributed by atoms with Crippen LogP contribution in [0.2, 0.25) is 0 Å². The maximum Gasteiger partial charge on any atom is 0.415 e. The Morgan fingerprint density at radius 3 is 2.44 bits per heavy atom. The first-order valence-electron chi connectivity index (χ1n) is 6.41. The van der Waals surface area contributed by atoms with E-state index in [0.717, 1.165) is 19.3 Å². The maximum absolute atomic E-state index is 12.3. The molecule has 0 spiro atoms. The molecule has 0 radical (unpaired) electrons. The summed E-state index contributed by atoms with van der Waals surface area (Å²) in [7, 11) is 0. The minimum absolute atomic E-state index is 0.0124. The molecule has 0 aromatic heterocycles. The quantitative estimate of drug-likeness (QED) is 0.830. The highest BCUT2D eigenvalue weighted by Crippen LogP contribution is 2.22. The molecule has 0 unspecified atom stereocenters. The van der Waals surface area contributed by atoms with Crippen LogP contribution in [0.3, 0.4) is 0 Å². The highest BCUT2D eigenvalue weighted by Gasteiger charge is 2.39. The Kier molecular flexibility index (Phi) is 5.88. The smallest absolute Gasteiger partial charge is 0.382 e. The Hall–Kier alpha value is -0.330. The van der Waals surface area contributed by atoms with Crippen molar-refractivity contribution >= 4 is 0 Å². The lowest BCUT2D eigenvalue weighted by atomic mass is 10.1. The number of nitrogens with zero attached hydrogens (tertiary/aromatic N) is 1. The largest absolute Gasteiger partial charge is 0.415 e. The lowest BCUT2D eigenvalue weighted by molar-refractivity contribution is -0.210. The van der Waals surface area contributed by atoms with Crippen LogP contribution in [0.15, 0.2) is 0 Å². The molecule has 1 aliphatic rings. The van der Waals surface area contributed by atoms with Crippen LogP contribution in [-0.2, 0) is 4.74 Å². The van der Waals surface area contributed by atoms with Crippen molar-refractivity contribution in [2.75, 3.05) is 19.7 Å². The Labute approximate surface area is 106 Å². The highest BCUT2D eigenvalue weighted by molar-refractivity contribution is 4.77. The monoisotopic (exact) mass is 269 g/mol. The standard InChI is InChI=1S/C12H22F3NO2/c1-9(2)16(8-11(17)12(13,14)15)7-10-5-3-4-6-18-10/h9-11,17H,3-8H2,1-2H3/t10-,11+/m0/s1. The molecule has 1 aliphatic heterocycles. The molecule has 1 heterocycles. The second-order valence-electron chi connectivity index (χ2n) is 5.09. The van der Waals surface area contributed by atoms with Crippen molar-refractivity contribution in [3.8, 4) is 0 Å². The van der Waals surface area contributed by atoms with E-state index in [-0.39, 0.29) is 18.7 Å². The first-order valence-corrected chi connectivity index (χ1v) is 6.41. The number of aliphatic hydroxyl groups excluding tert-OH is 1. The van der Waals surface area contributed by atoms with Gasteiger partial charge in [-0.3, -0.25) is 4.90 Å². The van der Waals surface area contributed by atoms with Gasteiger partial charge in [0.2, 0.25) is 0 Å². The summed E-state index contributed by atoms with van der Waals surface area (Å²) in [5.41, 5.74) is 0. The third-order valence-corrected chi connectivity index (χ3v) is 3.23. The fourth-order valence-corrected chi connectivity index (χ4v) is 2.03. The summed E-state index contributed by atoms with van der Waals surface area (Å²) in [4.78, 5) is 1.63. The predicted octanol–water partition coefficient (Wildman–Crippen LogP) is 2.19. The van der Waals surface area contributed by atoms with Gasteiger partial charge in [-0.05, 0) is 33.1 Å². The predicted molar refractivity (Wildman–Crippen MR) is 62.4 cm³/mol. The normalized spacial score (nSPS) is 23.7. The van der Waals surface area contributed by atoms with Crippen LogP contribution in [0, 0.1) is 0 Å². The van der Waals surface area contributed by atoms with Crippen molar-refractivity contribution < 1.29 is 23.0 Å². The molecule has 3 nitrogen and oxygen atoms in total. The topological polar surface area (TPSA) is 32.7 Å². The molecule has 108 valence electrons. The van der Waals surface area contributed by atoms with Crippen molar-refractivity contribution in [3.05, 3.63) is 0 Å². The molecule has 6 heteroatoms. The zero-order valence-electron chi connectivity index (χ0n) is 10.9. The van der Waals surface area contributed by atoms with Gasteiger partial charge in [-0.2, -0.15) is 13.2 Å². The van der Waals surface area contributed by atoms with Gasteiger partial charge in [0.1, 0.15) is 0 Å². The summed E-state index contributed by atoms with van der Waals surface area (Å²) < 4.78 is 42.6. The van der Waals surface area contributed by atoms with Crippen LogP contribution in [0.25, 0.3) is 0 Å². The van der Waals surface area contributed by atoms with Crippen molar-refractivity contribution in [1.82, 2.24) is 4.90 Å². The van der Waals surface area contributed by atoms with E-state index in [1.54, 1.807) is 4.90 Å². The summed E-state index contributed by atoms with van der Waals surface area (Å²) in [5, 5.41) is 9.13. The Morgan fingerprint density at radius 1 is 1.33 bits per heavy atom. The van der Waals surface area contributed by atoms with E-state index in [1.165, 1.54) is 0 Å². The van der Waals surface area contributed by atoms with Gasteiger partial charge in [0.25, 0.3) is 0 Å². The lowest BCUT2D eigenvalue weighted by Gasteiger charge is -2.34. The molecule has 0 bridgehead atoms. The van der Waals surface area contributed by atoms with Gasteiger partial charge in [0.05, 0.1) is 6.10 Å². The fourth-order valence-electron chi connectivity index (χ4n) is 2.03. The van der Waals surface area contributed by atoms with E-state index in [2.05, 4.69) is 0 Å². The SMILES string of the molecule is CC(C)N(C[C@@H]1CCCCO1)C[C@@H](O)C(F)(F)F. The second kappa shape index (κ2) is 6.73. The molecule has 0 saturated carbocycles. The Balaban J connectivity index is 2.49. The molecular formula is C12H22F3NO2. The minimum atomic E-state index is -4.55. The van der Waals surface area contributed by atoms with E-state index < -0.39 is 12.3 Å². The third kappa shape index (κ3) is 5.12. The van der Waals surface area contributed by atoms with Crippen molar-refractivity contribution in [2.24, 2.45) is 0 Å². The number of hydrogen-bond acceptors (Lipinski definition) is 3. The second-order valence-corrected chi connectivity index (χ2v) is 5.09. The van der Waals surface area contributed by atoms with Gasteiger partial charge in [-0.15, -0.1) is 0 Å². The molecule has 0 aliphatic carbocycles. The van der Waals surface area contributed by atoms with Crippen LogP contribution in [0.4, 0.5) is 13.2 Å². The molecule has 1 saturated heterocycles. The summed E-state index contributed by atoms with van der Waals surface area (Å²) in [6.07, 6.45) is -3.90. The van der Waals surface area contributed by atoms with Gasteiger partial charge in [-0.25, -0.2) is 0 Å². The number of ether oxygens (including phenoxy) is 1. The average molecular weight is 269 g/mol. The molecule has 2 atom stereocenters. The van der Waals surface area contributed by atoms with E-state index in [1.807, 2.05) is 13.8 Å². The van der Waals surface area contributed by atoms with Crippen LogP contribution in [-0.4, -0.2) is 54.1 Å². The van der Waals surface area contributed by atoms with Crippen LogP contribution in [0.1, 0.15) is 33.1 Å². The summed E-state index contributed by atoms with van der Waals surface area (Å²) in [6, 6.07) is -0.0486. The van der Waals surface area contributed by atoms with Gasteiger partial charge in [0.15, 0.2) is 6.10 Å². The van der Waals surface area contributed by atoms with E-state index in [9.17, 15) is 13.2 Å². The van der Waals surface area contributed by atoms with E-state index >= 15 is 0 Å². The number of alkyl halides is 3. The molecule has 0 aromatic carbocycles. The van der Waals surface area contributed by atoms with Gasteiger partial charge in [0, 0.05) is 25.7 Å². The zero-order valence-corrected chi connectivity index (χ0v) is 10.9. The van der Waals surface area contributed by atoms with Gasteiger partial charge in [-0.1, -0.05) is 0 Å². The minimum Gasteiger partial charge on any atom is -0.382 e. The molecule has 0 amide bonds. The summed E-state index contributed by atoms with van der Waals surface area (Å²) in [6.45, 7) is 4.39. The summed E-state index contributed by atoms with van der Waals surface area (Å²) >= 11 is 0. The molecule has 0 aromatic rings. The van der Waals surface area contributed by atoms with E-state index in [4.69, 9.17) is 9.84 Å². The lowest BCUT2D eigenvalue weighted by Crippen LogP contribution is -2.47. The van der Waals surface area contributed by atoms with Crippen LogP contribution in [0.5, 0.6) is 0 Å². The first-order chi connectivity index (χ1) is 8.30. The zero-order chi connectivity index (χ0) is 13.8.